The highest BCUT2D eigenvalue weighted by molar-refractivity contribution is 9.10. The molecule has 0 spiro atoms. The van der Waals surface area contributed by atoms with Gasteiger partial charge in [-0.3, -0.25) is 0 Å². The Balaban J connectivity index is 2.40. The first-order chi connectivity index (χ1) is 9.99. The van der Waals surface area contributed by atoms with E-state index in [-0.39, 0.29) is 5.41 Å². The molecule has 0 unspecified atom stereocenters. The summed E-state index contributed by atoms with van der Waals surface area (Å²) >= 11 is 10.5. The smallest absolute Gasteiger partial charge is 0.126 e. The second kappa shape index (κ2) is 7.34. The molecular formula is C16H13Br3F2. The minimum atomic E-state index is -0.543. The molecule has 112 valence electrons. The highest BCUT2D eigenvalue weighted by Gasteiger charge is 2.30. The van der Waals surface area contributed by atoms with E-state index in [1.54, 1.807) is 0 Å². The average molecular weight is 483 g/mol. The van der Waals surface area contributed by atoms with Crippen molar-refractivity contribution in [3.8, 4) is 0 Å². The molecule has 0 aliphatic heterocycles. The van der Waals surface area contributed by atoms with Crippen LogP contribution in [0.2, 0.25) is 0 Å². The largest absolute Gasteiger partial charge is 0.207 e. The molecule has 0 heterocycles. The number of hydrogen-bond acceptors (Lipinski definition) is 0. The predicted octanol–water partition coefficient (Wildman–Crippen LogP) is 6.00. The maximum Gasteiger partial charge on any atom is 0.126 e. The third-order valence-electron chi connectivity index (χ3n) is 3.43. The summed E-state index contributed by atoms with van der Waals surface area (Å²) in [5.74, 6) is -1.09. The molecule has 2 rings (SSSR count). The Morgan fingerprint density at radius 1 is 0.857 bits per heavy atom. The van der Waals surface area contributed by atoms with E-state index in [4.69, 9.17) is 0 Å². The summed E-state index contributed by atoms with van der Waals surface area (Å²) in [7, 11) is 0. The van der Waals surface area contributed by atoms with Gasteiger partial charge in [-0.25, -0.2) is 8.78 Å². The summed E-state index contributed by atoms with van der Waals surface area (Å²) in [6.07, 6.45) is 0.541. The Kier molecular flexibility index (Phi) is 5.97. The third-order valence-corrected chi connectivity index (χ3v) is 6.11. The molecule has 0 N–H and O–H groups in total. The first-order valence-electron chi connectivity index (χ1n) is 6.32. The first-order valence-corrected chi connectivity index (χ1v) is 9.36. The number of hydrogen-bond donors (Lipinski definition) is 0. The van der Waals surface area contributed by atoms with Crippen molar-refractivity contribution in [2.24, 2.45) is 0 Å². The molecule has 5 heteroatoms. The Hall–Kier alpha value is -0.260. The van der Waals surface area contributed by atoms with Crippen molar-refractivity contribution in [1.29, 1.82) is 0 Å². The summed E-state index contributed by atoms with van der Waals surface area (Å²) in [4.78, 5) is 0. The van der Waals surface area contributed by atoms with E-state index in [1.165, 1.54) is 12.1 Å². The fourth-order valence-corrected chi connectivity index (χ4v) is 4.53. The number of halogens is 5. The van der Waals surface area contributed by atoms with Crippen LogP contribution in [0.5, 0.6) is 0 Å². The van der Waals surface area contributed by atoms with Crippen LogP contribution >= 0.6 is 47.8 Å². The van der Waals surface area contributed by atoms with Crippen molar-refractivity contribution in [3.05, 3.63) is 69.7 Å². The lowest BCUT2D eigenvalue weighted by Gasteiger charge is -2.31. The summed E-state index contributed by atoms with van der Waals surface area (Å²) in [5, 5.41) is 1.37. The monoisotopic (exact) mass is 480 g/mol. The lowest BCUT2D eigenvalue weighted by Crippen LogP contribution is -2.33. The van der Waals surface area contributed by atoms with Gasteiger partial charge in [0, 0.05) is 26.6 Å². The van der Waals surface area contributed by atoms with E-state index in [2.05, 4.69) is 47.8 Å². The molecule has 0 radical (unpaired) electrons. The summed E-state index contributed by atoms with van der Waals surface area (Å²) in [6.45, 7) is 0. The minimum absolute atomic E-state index is 0.263. The molecule has 0 saturated carbocycles. The fourth-order valence-electron chi connectivity index (χ4n) is 2.29. The molecule has 2 aromatic rings. The van der Waals surface area contributed by atoms with Crippen molar-refractivity contribution >= 4 is 47.8 Å². The summed E-state index contributed by atoms with van der Waals surface area (Å²) in [6, 6.07) is 11.7. The Morgan fingerprint density at radius 3 is 1.86 bits per heavy atom. The quantitative estimate of drug-likeness (QED) is 0.459. The van der Waals surface area contributed by atoms with Crippen LogP contribution < -0.4 is 0 Å². The molecule has 0 aliphatic rings. The van der Waals surface area contributed by atoms with Crippen LogP contribution in [-0.2, 0) is 11.8 Å². The van der Waals surface area contributed by atoms with E-state index in [1.807, 2.05) is 24.3 Å². The maximum atomic E-state index is 13.4. The maximum absolute atomic E-state index is 13.4. The van der Waals surface area contributed by atoms with Gasteiger partial charge < -0.3 is 0 Å². The van der Waals surface area contributed by atoms with Gasteiger partial charge >= 0.3 is 0 Å². The van der Waals surface area contributed by atoms with Gasteiger partial charge in [-0.05, 0) is 41.8 Å². The van der Waals surface area contributed by atoms with Crippen molar-refractivity contribution in [2.75, 3.05) is 10.7 Å². The molecule has 21 heavy (non-hydrogen) atoms. The normalized spacial score (nSPS) is 11.7. The van der Waals surface area contributed by atoms with Gasteiger partial charge in [0.2, 0.25) is 0 Å². The van der Waals surface area contributed by atoms with E-state index in [0.29, 0.717) is 22.6 Å². The van der Waals surface area contributed by atoms with Crippen LogP contribution in [0.25, 0.3) is 0 Å². The molecule has 0 bridgehead atoms. The van der Waals surface area contributed by atoms with E-state index < -0.39 is 11.6 Å². The molecule has 0 nitrogen and oxygen atoms in total. The molecule has 0 amide bonds. The van der Waals surface area contributed by atoms with Gasteiger partial charge in [0.25, 0.3) is 0 Å². The lowest BCUT2D eigenvalue weighted by atomic mass is 9.79. The average Bonchev–Trinajstić information content (AvgIpc) is 2.45. The second-order valence-electron chi connectivity index (χ2n) is 5.01. The number of benzene rings is 2. The van der Waals surface area contributed by atoms with E-state index in [0.717, 1.165) is 16.1 Å². The van der Waals surface area contributed by atoms with Crippen LogP contribution in [0.4, 0.5) is 8.78 Å². The van der Waals surface area contributed by atoms with Crippen molar-refractivity contribution in [3.63, 3.8) is 0 Å². The Bertz CT molecular complexity index is 587. The zero-order chi connectivity index (χ0) is 15.5. The van der Waals surface area contributed by atoms with Gasteiger partial charge in [0.1, 0.15) is 11.6 Å². The zero-order valence-corrected chi connectivity index (χ0v) is 15.8. The molecule has 0 aliphatic carbocycles. The Labute approximate surface area is 148 Å². The van der Waals surface area contributed by atoms with E-state index in [9.17, 15) is 8.78 Å². The fraction of sp³-hybridized carbons (Fsp3) is 0.250. The molecule has 0 aromatic heterocycles. The molecule has 0 fully saturated rings. The van der Waals surface area contributed by atoms with Crippen LogP contribution in [-0.4, -0.2) is 10.7 Å². The van der Waals surface area contributed by atoms with E-state index >= 15 is 0 Å². The minimum Gasteiger partial charge on any atom is -0.207 e. The summed E-state index contributed by atoms with van der Waals surface area (Å²) in [5.41, 5.74) is 1.50. The highest BCUT2D eigenvalue weighted by Crippen LogP contribution is 2.34. The van der Waals surface area contributed by atoms with Crippen LogP contribution in [0.1, 0.15) is 11.1 Å². The van der Waals surface area contributed by atoms with Crippen molar-refractivity contribution < 1.29 is 8.78 Å². The van der Waals surface area contributed by atoms with Crippen LogP contribution in [0.3, 0.4) is 0 Å². The SMILES string of the molecule is Fc1cc(F)cc(CC(CBr)(CBr)c2ccc(Br)cc2)c1. The molecular weight excluding hydrogens is 470 g/mol. The van der Waals surface area contributed by atoms with Gasteiger partial charge in [0.05, 0.1) is 0 Å². The molecule has 0 saturated heterocycles. The number of alkyl halides is 2. The lowest BCUT2D eigenvalue weighted by molar-refractivity contribution is 0.537. The number of rotatable bonds is 5. The third kappa shape index (κ3) is 4.14. The van der Waals surface area contributed by atoms with Crippen molar-refractivity contribution in [2.45, 2.75) is 11.8 Å². The Morgan fingerprint density at radius 2 is 1.38 bits per heavy atom. The zero-order valence-electron chi connectivity index (χ0n) is 11.1. The topological polar surface area (TPSA) is 0 Å². The van der Waals surface area contributed by atoms with Crippen LogP contribution in [0, 0.1) is 11.6 Å². The van der Waals surface area contributed by atoms with Gasteiger partial charge in [0.15, 0.2) is 0 Å². The highest BCUT2D eigenvalue weighted by atomic mass is 79.9. The standard InChI is InChI=1S/C16H13Br3F2/c17-9-16(10-18,12-1-3-13(19)4-2-12)8-11-5-14(20)7-15(21)6-11/h1-7H,8-10H2. The molecule has 0 atom stereocenters. The van der Waals surface area contributed by atoms with Crippen LogP contribution in [0.15, 0.2) is 46.9 Å². The predicted molar refractivity (Wildman–Crippen MR) is 93.5 cm³/mol. The summed E-state index contributed by atoms with van der Waals surface area (Å²) < 4.78 is 27.8. The van der Waals surface area contributed by atoms with Gasteiger partial charge in [-0.15, -0.1) is 0 Å². The van der Waals surface area contributed by atoms with Gasteiger partial charge in [-0.2, -0.15) is 0 Å². The first kappa shape index (κ1) is 17.1. The van der Waals surface area contributed by atoms with Crippen molar-refractivity contribution in [1.82, 2.24) is 0 Å². The molecule has 2 aromatic carbocycles. The van der Waals surface area contributed by atoms with Gasteiger partial charge in [-0.1, -0.05) is 59.9 Å². The second-order valence-corrected chi connectivity index (χ2v) is 7.05.